The van der Waals surface area contributed by atoms with Gasteiger partial charge in [-0.15, -0.1) is 0 Å². The quantitative estimate of drug-likeness (QED) is 0.515. The second kappa shape index (κ2) is 6.15. The van der Waals surface area contributed by atoms with Gasteiger partial charge in [0.25, 0.3) is 5.69 Å². The molecule has 118 valence electrons. The van der Waals surface area contributed by atoms with Crippen LogP contribution in [-0.2, 0) is 4.74 Å². The van der Waals surface area contributed by atoms with E-state index >= 15 is 0 Å². The van der Waals surface area contributed by atoms with Gasteiger partial charge in [-0.25, -0.2) is 9.48 Å². The molecule has 0 aliphatic rings. The van der Waals surface area contributed by atoms with Gasteiger partial charge in [0.1, 0.15) is 17.5 Å². The molecule has 1 aromatic carbocycles. The molecule has 23 heavy (non-hydrogen) atoms. The first-order valence-electron chi connectivity index (χ1n) is 6.61. The van der Waals surface area contributed by atoms with Crippen molar-refractivity contribution in [1.29, 1.82) is 5.26 Å². The van der Waals surface area contributed by atoms with E-state index in [0.29, 0.717) is 5.56 Å². The number of hydrogen-bond acceptors (Lipinski definition) is 7. The maximum Gasteiger partial charge on any atom is 0.360 e. The molecular weight excluding hydrogens is 302 g/mol. The third-order valence-electron chi connectivity index (χ3n) is 3.14. The van der Waals surface area contributed by atoms with Crippen LogP contribution in [0.2, 0.25) is 0 Å². The van der Waals surface area contributed by atoms with E-state index in [1.54, 1.807) is 26.0 Å². The lowest BCUT2D eigenvalue weighted by Crippen LogP contribution is -2.08. The van der Waals surface area contributed by atoms with E-state index in [-0.39, 0.29) is 35.1 Å². The molecule has 0 bridgehead atoms. The molecule has 0 atom stereocenters. The number of esters is 1. The van der Waals surface area contributed by atoms with Crippen LogP contribution in [0.25, 0.3) is 5.69 Å². The Labute approximate surface area is 131 Å². The van der Waals surface area contributed by atoms with E-state index in [4.69, 9.17) is 15.7 Å². The number of ether oxygens (including phenoxy) is 1. The zero-order valence-corrected chi connectivity index (χ0v) is 12.4. The molecular formula is C14H13N5O4. The van der Waals surface area contributed by atoms with Gasteiger partial charge in [0.15, 0.2) is 5.69 Å². The van der Waals surface area contributed by atoms with E-state index in [9.17, 15) is 14.9 Å². The number of nitro benzene ring substituents is 1. The zero-order chi connectivity index (χ0) is 17.1. The van der Waals surface area contributed by atoms with Crippen LogP contribution in [0.15, 0.2) is 18.2 Å². The van der Waals surface area contributed by atoms with Crippen molar-refractivity contribution in [2.75, 3.05) is 12.3 Å². The average Bonchev–Trinajstić information content (AvgIpc) is 2.84. The van der Waals surface area contributed by atoms with E-state index in [0.717, 1.165) is 4.68 Å². The molecule has 0 saturated carbocycles. The Hall–Kier alpha value is -3.41. The Bertz CT molecular complexity index is 834. The molecule has 0 aliphatic carbocycles. The Balaban J connectivity index is 2.61. The van der Waals surface area contributed by atoms with Crippen molar-refractivity contribution in [3.05, 3.63) is 45.1 Å². The van der Waals surface area contributed by atoms with Crippen LogP contribution in [0.3, 0.4) is 0 Å². The smallest absolute Gasteiger partial charge is 0.360 e. The van der Waals surface area contributed by atoms with Gasteiger partial charge in [0.2, 0.25) is 0 Å². The van der Waals surface area contributed by atoms with Gasteiger partial charge in [0.05, 0.1) is 17.2 Å². The van der Waals surface area contributed by atoms with Crippen LogP contribution < -0.4 is 5.73 Å². The molecule has 2 N–H and O–H groups in total. The number of nitro groups is 1. The number of aromatic nitrogens is 2. The Morgan fingerprint density at radius 2 is 2.26 bits per heavy atom. The number of nitrogen functional groups attached to an aromatic ring is 1. The SMILES string of the molecule is CCOC(=O)c1nn(-c2ccc(C)c([N+](=O)[O-])c2)c(N)c1C#N. The van der Waals surface area contributed by atoms with Gasteiger partial charge in [-0.2, -0.15) is 10.4 Å². The molecule has 0 aliphatic heterocycles. The molecule has 0 fully saturated rings. The third kappa shape index (κ3) is 2.82. The van der Waals surface area contributed by atoms with Gasteiger partial charge in [-0.05, 0) is 19.9 Å². The summed E-state index contributed by atoms with van der Waals surface area (Å²) in [4.78, 5) is 22.3. The number of aryl methyl sites for hydroxylation is 1. The molecule has 0 radical (unpaired) electrons. The average molecular weight is 315 g/mol. The monoisotopic (exact) mass is 315 g/mol. The molecule has 2 aromatic rings. The highest BCUT2D eigenvalue weighted by Gasteiger charge is 2.24. The highest BCUT2D eigenvalue weighted by Crippen LogP contribution is 2.25. The van der Waals surface area contributed by atoms with Crippen molar-refractivity contribution in [2.45, 2.75) is 13.8 Å². The molecule has 9 nitrogen and oxygen atoms in total. The summed E-state index contributed by atoms with van der Waals surface area (Å²) in [6.45, 7) is 3.33. The van der Waals surface area contributed by atoms with Gasteiger partial charge in [-0.3, -0.25) is 10.1 Å². The first-order valence-corrected chi connectivity index (χ1v) is 6.61. The van der Waals surface area contributed by atoms with Crippen LogP contribution in [0.4, 0.5) is 11.5 Å². The maximum absolute atomic E-state index is 11.8. The number of carbonyl (C=O) groups is 1. The summed E-state index contributed by atoms with van der Waals surface area (Å²) < 4.78 is 5.93. The fourth-order valence-electron chi connectivity index (χ4n) is 2.01. The van der Waals surface area contributed by atoms with Gasteiger partial charge in [0, 0.05) is 11.6 Å². The summed E-state index contributed by atoms with van der Waals surface area (Å²) in [5.74, 6) is -0.871. The number of nitrogens with zero attached hydrogens (tertiary/aromatic N) is 4. The lowest BCUT2D eigenvalue weighted by atomic mass is 10.2. The van der Waals surface area contributed by atoms with Crippen molar-refractivity contribution in [2.24, 2.45) is 0 Å². The molecule has 2 rings (SSSR count). The molecule has 0 saturated heterocycles. The first kappa shape index (κ1) is 16.0. The van der Waals surface area contributed by atoms with Gasteiger partial charge < -0.3 is 10.5 Å². The summed E-state index contributed by atoms with van der Waals surface area (Å²) in [6.07, 6.45) is 0. The van der Waals surface area contributed by atoms with Crippen molar-refractivity contribution in [3.8, 4) is 11.8 Å². The molecule has 1 aromatic heterocycles. The topological polar surface area (TPSA) is 137 Å². The van der Waals surface area contributed by atoms with E-state index < -0.39 is 10.9 Å². The second-order valence-electron chi connectivity index (χ2n) is 4.58. The van der Waals surface area contributed by atoms with Crippen molar-refractivity contribution < 1.29 is 14.5 Å². The predicted octanol–water partition coefficient (Wildman–Crippen LogP) is 1.72. The van der Waals surface area contributed by atoms with Crippen molar-refractivity contribution in [3.63, 3.8) is 0 Å². The molecule has 9 heteroatoms. The van der Waals surface area contributed by atoms with Crippen LogP contribution >= 0.6 is 0 Å². The van der Waals surface area contributed by atoms with E-state index in [1.165, 1.54) is 12.1 Å². The van der Waals surface area contributed by atoms with Crippen molar-refractivity contribution >= 4 is 17.5 Å². The third-order valence-corrected chi connectivity index (χ3v) is 3.14. The molecule has 1 heterocycles. The fourth-order valence-corrected chi connectivity index (χ4v) is 2.01. The zero-order valence-electron chi connectivity index (χ0n) is 12.4. The highest BCUT2D eigenvalue weighted by atomic mass is 16.6. The van der Waals surface area contributed by atoms with Crippen LogP contribution in [0.1, 0.15) is 28.5 Å². The number of benzene rings is 1. The highest BCUT2D eigenvalue weighted by molar-refractivity contribution is 5.92. The largest absolute Gasteiger partial charge is 0.461 e. The summed E-state index contributed by atoms with van der Waals surface area (Å²) in [7, 11) is 0. The number of rotatable bonds is 4. The summed E-state index contributed by atoms with van der Waals surface area (Å²) in [6, 6.07) is 6.16. The van der Waals surface area contributed by atoms with Crippen LogP contribution in [0, 0.1) is 28.4 Å². The summed E-state index contributed by atoms with van der Waals surface area (Å²) in [5.41, 5.74) is 6.11. The minimum absolute atomic E-state index is 0.0892. The summed E-state index contributed by atoms with van der Waals surface area (Å²) in [5, 5.41) is 24.2. The maximum atomic E-state index is 11.8. The first-order chi connectivity index (χ1) is 10.9. The van der Waals surface area contributed by atoms with Gasteiger partial charge in [-0.1, -0.05) is 6.07 Å². The Morgan fingerprint density at radius 1 is 1.57 bits per heavy atom. The summed E-state index contributed by atoms with van der Waals surface area (Å²) >= 11 is 0. The van der Waals surface area contributed by atoms with E-state index in [1.807, 2.05) is 0 Å². The normalized spacial score (nSPS) is 10.1. The number of carbonyl (C=O) groups excluding carboxylic acids is 1. The number of hydrogen-bond donors (Lipinski definition) is 1. The molecule has 0 spiro atoms. The Morgan fingerprint density at radius 3 is 2.83 bits per heavy atom. The lowest BCUT2D eigenvalue weighted by Gasteiger charge is -2.05. The predicted molar refractivity (Wildman–Crippen MR) is 80.0 cm³/mol. The van der Waals surface area contributed by atoms with E-state index in [2.05, 4.69) is 5.10 Å². The number of nitrogens with two attached hydrogens (primary N) is 1. The Kier molecular flexibility index (Phi) is 4.27. The van der Waals surface area contributed by atoms with Crippen LogP contribution in [0.5, 0.6) is 0 Å². The lowest BCUT2D eigenvalue weighted by molar-refractivity contribution is -0.385. The minimum Gasteiger partial charge on any atom is -0.461 e. The van der Waals surface area contributed by atoms with Gasteiger partial charge >= 0.3 is 5.97 Å². The number of anilines is 1. The second-order valence-corrected chi connectivity index (χ2v) is 4.58. The molecule has 0 unspecified atom stereocenters. The fraction of sp³-hybridized carbons (Fsp3) is 0.214. The van der Waals surface area contributed by atoms with Crippen LogP contribution in [-0.4, -0.2) is 27.3 Å². The minimum atomic E-state index is -0.781. The standard InChI is InChI=1S/C14H13N5O4/c1-3-23-14(20)12-10(7-15)13(16)18(17-12)9-5-4-8(2)11(6-9)19(21)22/h4-6H,3,16H2,1-2H3. The van der Waals surface area contributed by atoms with Crippen molar-refractivity contribution in [1.82, 2.24) is 9.78 Å². The number of nitriles is 1. The molecule has 0 amide bonds.